The molecule has 4 rings (SSSR count). The molecule has 2 aliphatic heterocycles. The fraction of sp³-hybridized carbons (Fsp3) is 0.682. The molecule has 2 N–H and O–H groups in total. The molecule has 2 saturated heterocycles. The number of fused-ring (bicyclic) bond motifs is 1. The van der Waals surface area contributed by atoms with Crippen molar-refractivity contribution >= 4 is 5.91 Å². The number of piperidine rings is 2. The van der Waals surface area contributed by atoms with Gasteiger partial charge in [0, 0.05) is 29.9 Å². The Bertz CT molecular complexity index is 865. The fourth-order valence-corrected chi connectivity index (χ4v) is 5.24. The van der Waals surface area contributed by atoms with E-state index in [0.717, 1.165) is 29.2 Å². The number of aromatic nitrogens is 4. The number of nitrogens with one attached hydrogen (secondary N) is 2. The Morgan fingerprint density at radius 3 is 2.79 bits per heavy atom. The lowest BCUT2D eigenvalue weighted by molar-refractivity contribution is 0.0575. The second-order valence-corrected chi connectivity index (χ2v) is 8.96. The van der Waals surface area contributed by atoms with Crippen LogP contribution in [0.1, 0.15) is 73.9 Å². The van der Waals surface area contributed by atoms with Crippen molar-refractivity contribution in [3.8, 4) is 11.3 Å². The van der Waals surface area contributed by atoms with E-state index in [0.29, 0.717) is 23.7 Å². The second-order valence-electron chi connectivity index (χ2n) is 8.96. The first kappa shape index (κ1) is 20.1. The van der Waals surface area contributed by atoms with E-state index in [1.807, 2.05) is 17.7 Å². The summed E-state index contributed by atoms with van der Waals surface area (Å²) in [5, 5.41) is 15.1. The van der Waals surface area contributed by atoms with Gasteiger partial charge in [0.2, 0.25) is 0 Å². The third-order valence-corrected chi connectivity index (χ3v) is 6.65. The number of nitrogens with zero attached hydrogens (tertiary/aromatic N) is 4. The molecule has 2 fully saturated rings. The van der Waals surface area contributed by atoms with Crippen molar-refractivity contribution in [1.82, 2.24) is 30.2 Å². The minimum atomic E-state index is -0.0664. The predicted octanol–water partition coefficient (Wildman–Crippen LogP) is 3.47. The Kier molecular flexibility index (Phi) is 5.76. The number of rotatable bonds is 5. The average Bonchev–Trinajstić information content (AvgIpc) is 3.30. The van der Waals surface area contributed by atoms with E-state index in [-0.39, 0.29) is 5.91 Å². The largest absolute Gasteiger partial charge is 0.350 e. The minimum Gasteiger partial charge on any atom is -0.350 e. The standard InChI is InChI=1S/C22H34N6O/c1-14(2)28-16(4)21(15(3)26-28)18-12-19(25-24-18)22(29)23-13-17-8-7-11-27-10-6-5-9-20(17)27/h12,14,17,20H,5-11,13H2,1-4H3,(H,23,29)(H,24,25)/t17-,20+/m0/s1. The minimum absolute atomic E-state index is 0.0664. The van der Waals surface area contributed by atoms with Gasteiger partial charge in [0.25, 0.3) is 5.91 Å². The van der Waals surface area contributed by atoms with Gasteiger partial charge in [-0.3, -0.25) is 14.6 Å². The highest BCUT2D eigenvalue weighted by Crippen LogP contribution is 2.31. The maximum atomic E-state index is 12.8. The number of aromatic amines is 1. The quantitative estimate of drug-likeness (QED) is 0.808. The number of amides is 1. The summed E-state index contributed by atoms with van der Waals surface area (Å²) in [4.78, 5) is 15.4. The number of hydrogen-bond donors (Lipinski definition) is 2. The molecule has 0 spiro atoms. The van der Waals surface area contributed by atoms with E-state index >= 15 is 0 Å². The summed E-state index contributed by atoms with van der Waals surface area (Å²) in [6.45, 7) is 11.5. The van der Waals surface area contributed by atoms with Crippen LogP contribution < -0.4 is 5.32 Å². The van der Waals surface area contributed by atoms with E-state index in [2.05, 4.69) is 46.3 Å². The molecule has 4 heterocycles. The third-order valence-electron chi connectivity index (χ3n) is 6.65. The summed E-state index contributed by atoms with van der Waals surface area (Å²) in [6, 6.07) is 2.78. The van der Waals surface area contributed by atoms with Crippen LogP contribution in [0.25, 0.3) is 11.3 Å². The van der Waals surface area contributed by atoms with E-state index in [9.17, 15) is 4.79 Å². The van der Waals surface area contributed by atoms with Gasteiger partial charge < -0.3 is 10.2 Å². The Hall–Kier alpha value is -2.15. The highest BCUT2D eigenvalue weighted by molar-refractivity contribution is 5.93. The van der Waals surface area contributed by atoms with E-state index in [1.165, 1.54) is 45.2 Å². The third kappa shape index (κ3) is 3.97. The van der Waals surface area contributed by atoms with Gasteiger partial charge in [-0.05, 0) is 78.5 Å². The van der Waals surface area contributed by atoms with Crippen LogP contribution in [0.5, 0.6) is 0 Å². The van der Waals surface area contributed by atoms with Crippen molar-refractivity contribution in [3.05, 3.63) is 23.1 Å². The molecular formula is C22H34N6O. The van der Waals surface area contributed by atoms with Crippen molar-refractivity contribution in [2.45, 2.75) is 71.9 Å². The highest BCUT2D eigenvalue weighted by Gasteiger charge is 2.33. The normalized spacial score (nSPS) is 22.7. The Balaban J connectivity index is 1.43. The molecule has 0 bridgehead atoms. The lowest BCUT2D eigenvalue weighted by Crippen LogP contribution is -2.51. The molecule has 1 amide bonds. The zero-order chi connectivity index (χ0) is 20.5. The van der Waals surface area contributed by atoms with Crippen molar-refractivity contribution < 1.29 is 4.79 Å². The number of hydrogen-bond acceptors (Lipinski definition) is 4. The zero-order valence-corrected chi connectivity index (χ0v) is 18.2. The summed E-state index contributed by atoms with van der Waals surface area (Å²) < 4.78 is 2.01. The molecule has 0 aliphatic carbocycles. The number of H-pyrrole nitrogens is 1. The van der Waals surface area contributed by atoms with Crippen molar-refractivity contribution in [3.63, 3.8) is 0 Å². The van der Waals surface area contributed by atoms with E-state index < -0.39 is 0 Å². The van der Waals surface area contributed by atoms with Crippen LogP contribution in [0, 0.1) is 19.8 Å². The van der Waals surface area contributed by atoms with Crippen LogP contribution in [0.2, 0.25) is 0 Å². The van der Waals surface area contributed by atoms with E-state index in [4.69, 9.17) is 0 Å². The number of aryl methyl sites for hydroxylation is 1. The maximum Gasteiger partial charge on any atom is 0.269 e. The van der Waals surface area contributed by atoms with Gasteiger partial charge in [-0.15, -0.1) is 0 Å². The Morgan fingerprint density at radius 1 is 1.24 bits per heavy atom. The molecule has 7 nitrogen and oxygen atoms in total. The van der Waals surface area contributed by atoms with Gasteiger partial charge in [-0.2, -0.15) is 10.2 Å². The summed E-state index contributed by atoms with van der Waals surface area (Å²) in [5.41, 5.74) is 4.34. The molecule has 29 heavy (non-hydrogen) atoms. The summed E-state index contributed by atoms with van der Waals surface area (Å²) >= 11 is 0. The SMILES string of the molecule is Cc1nn(C(C)C)c(C)c1-c1cc(C(=O)NC[C@@H]2CCCN3CCCC[C@H]23)[nH]n1. The summed E-state index contributed by atoms with van der Waals surface area (Å²) in [7, 11) is 0. The van der Waals surface area contributed by atoms with Gasteiger partial charge in [0.05, 0.1) is 11.4 Å². The zero-order valence-electron chi connectivity index (χ0n) is 18.2. The van der Waals surface area contributed by atoms with Crippen molar-refractivity contribution in [1.29, 1.82) is 0 Å². The van der Waals surface area contributed by atoms with Gasteiger partial charge in [0.15, 0.2) is 0 Å². The maximum absolute atomic E-state index is 12.8. The molecule has 2 atom stereocenters. The van der Waals surface area contributed by atoms with Crippen molar-refractivity contribution in [2.75, 3.05) is 19.6 Å². The molecule has 0 unspecified atom stereocenters. The molecule has 158 valence electrons. The summed E-state index contributed by atoms with van der Waals surface area (Å²) in [6.07, 6.45) is 6.36. The summed E-state index contributed by atoms with van der Waals surface area (Å²) in [5.74, 6) is 0.493. The van der Waals surface area contributed by atoms with Gasteiger partial charge >= 0.3 is 0 Å². The predicted molar refractivity (Wildman–Crippen MR) is 114 cm³/mol. The van der Waals surface area contributed by atoms with Crippen LogP contribution in [-0.2, 0) is 0 Å². The molecular weight excluding hydrogens is 364 g/mol. The van der Waals surface area contributed by atoms with Crippen LogP contribution in [-0.4, -0.2) is 56.5 Å². The van der Waals surface area contributed by atoms with Gasteiger partial charge in [0.1, 0.15) is 5.69 Å². The molecule has 2 aliphatic rings. The monoisotopic (exact) mass is 398 g/mol. The van der Waals surface area contributed by atoms with Gasteiger partial charge in [-0.1, -0.05) is 6.42 Å². The van der Waals surface area contributed by atoms with E-state index in [1.54, 1.807) is 0 Å². The first-order chi connectivity index (χ1) is 14.0. The molecule has 0 radical (unpaired) electrons. The van der Waals surface area contributed by atoms with Gasteiger partial charge in [-0.25, -0.2) is 0 Å². The van der Waals surface area contributed by atoms with Crippen molar-refractivity contribution in [2.24, 2.45) is 5.92 Å². The molecule has 0 saturated carbocycles. The fourth-order valence-electron chi connectivity index (χ4n) is 5.24. The molecule has 0 aromatic carbocycles. The topological polar surface area (TPSA) is 78.8 Å². The lowest BCUT2D eigenvalue weighted by atomic mass is 9.83. The van der Waals surface area contributed by atoms with Crippen LogP contribution in [0.3, 0.4) is 0 Å². The number of carbonyl (C=O) groups is 1. The van der Waals surface area contributed by atoms with Crippen LogP contribution in [0.15, 0.2) is 6.07 Å². The lowest BCUT2D eigenvalue weighted by Gasteiger charge is -2.44. The van der Waals surface area contributed by atoms with Crippen LogP contribution >= 0.6 is 0 Å². The smallest absolute Gasteiger partial charge is 0.269 e. The Morgan fingerprint density at radius 2 is 2.03 bits per heavy atom. The highest BCUT2D eigenvalue weighted by atomic mass is 16.1. The number of carbonyl (C=O) groups excluding carboxylic acids is 1. The molecule has 2 aromatic rings. The second kappa shape index (κ2) is 8.30. The molecule has 7 heteroatoms. The average molecular weight is 399 g/mol. The van der Waals surface area contributed by atoms with Crippen LogP contribution in [0.4, 0.5) is 0 Å². The first-order valence-electron chi connectivity index (χ1n) is 11.1. The molecule has 2 aromatic heterocycles. The first-order valence-corrected chi connectivity index (χ1v) is 11.1. The Labute approximate surface area is 173 Å².